The third-order valence-electron chi connectivity index (χ3n) is 3.23. The molecule has 1 aliphatic heterocycles. The van der Waals surface area contributed by atoms with E-state index < -0.39 is 17.7 Å². The molecule has 0 bridgehead atoms. The molecule has 1 fully saturated rings. The Bertz CT molecular complexity index is 335. The first-order valence-corrected chi connectivity index (χ1v) is 6.28. The van der Waals surface area contributed by atoms with E-state index in [1.54, 1.807) is 0 Å². The van der Waals surface area contributed by atoms with Crippen LogP contribution >= 0.6 is 0 Å². The van der Waals surface area contributed by atoms with E-state index in [2.05, 4.69) is 6.92 Å². The lowest BCUT2D eigenvalue weighted by Crippen LogP contribution is -2.50. The molecule has 1 heterocycles. The summed E-state index contributed by atoms with van der Waals surface area (Å²) in [5.41, 5.74) is 5.33. The Morgan fingerprint density at radius 2 is 1.83 bits per heavy atom. The first-order chi connectivity index (χ1) is 8.47. The Morgan fingerprint density at radius 3 is 2.28 bits per heavy atom. The number of nitrogens with two attached hydrogens (primary N) is 1. The van der Waals surface area contributed by atoms with E-state index >= 15 is 0 Å². The molecular formula is C12H21N3O3. The van der Waals surface area contributed by atoms with E-state index in [0.717, 1.165) is 17.7 Å². The molecule has 6 nitrogen and oxygen atoms in total. The second-order valence-electron chi connectivity index (χ2n) is 4.74. The van der Waals surface area contributed by atoms with Crippen molar-refractivity contribution in [3.63, 3.8) is 0 Å². The van der Waals surface area contributed by atoms with Gasteiger partial charge in [-0.2, -0.15) is 0 Å². The van der Waals surface area contributed by atoms with Crippen molar-refractivity contribution in [2.24, 2.45) is 11.7 Å². The highest BCUT2D eigenvalue weighted by atomic mass is 16.2. The quantitative estimate of drug-likeness (QED) is 0.679. The third-order valence-corrected chi connectivity index (χ3v) is 3.23. The fourth-order valence-electron chi connectivity index (χ4n) is 1.99. The first-order valence-electron chi connectivity index (χ1n) is 6.28. The molecule has 0 aliphatic carbocycles. The van der Waals surface area contributed by atoms with Gasteiger partial charge in [-0.15, -0.1) is 0 Å². The van der Waals surface area contributed by atoms with Crippen LogP contribution in [0.15, 0.2) is 0 Å². The molecule has 6 heteroatoms. The zero-order valence-electron chi connectivity index (χ0n) is 11.0. The molecule has 0 unspecified atom stereocenters. The molecule has 102 valence electrons. The molecular weight excluding hydrogens is 234 g/mol. The van der Waals surface area contributed by atoms with Crippen LogP contribution < -0.4 is 5.73 Å². The van der Waals surface area contributed by atoms with Gasteiger partial charge in [0.15, 0.2) is 0 Å². The highest BCUT2D eigenvalue weighted by molar-refractivity contribution is 6.37. The van der Waals surface area contributed by atoms with Gasteiger partial charge in [0.05, 0.1) is 0 Å². The van der Waals surface area contributed by atoms with Gasteiger partial charge in [-0.1, -0.05) is 6.92 Å². The van der Waals surface area contributed by atoms with Crippen molar-refractivity contribution in [1.29, 1.82) is 0 Å². The van der Waals surface area contributed by atoms with Gasteiger partial charge < -0.3 is 10.6 Å². The molecule has 1 saturated heterocycles. The van der Waals surface area contributed by atoms with Crippen molar-refractivity contribution >= 4 is 17.7 Å². The van der Waals surface area contributed by atoms with Crippen molar-refractivity contribution in [1.82, 2.24) is 9.80 Å². The van der Waals surface area contributed by atoms with E-state index in [-0.39, 0.29) is 13.1 Å². The third kappa shape index (κ3) is 3.53. The zero-order chi connectivity index (χ0) is 13.7. The number of hydrogen-bond donors (Lipinski definition) is 1. The monoisotopic (exact) mass is 255 g/mol. The fraction of sp³-hybridized carbons (Fsp3) is 0.750. The van der Waals surface area contributed by atoms with Crippen LogP contribution in [0.2, 0.25) is 0 Å². The average molecular weight is 255 g/mol. The number of imide groups is 1. The first kappa shape index (κ1) is 14.6. The molecule has 0 radical (unpaired) electrons. The van der Waals surface area contributed by atoms with E-state index in [1.807, 2.05) is 0 Å². The minimum atomic E-state index is -0.762. The molecule has 0 spiro atoms. The Labute approximate surface area is 107 Å². The summed E-state index contributed by atoms with van der Waals surface area (Å²) in [4.78, 5) is 37.6. The molecule has 0 atom stereocenters. The van der Waals surface area contributed by atoms with Crippen LogP contribution in [0, 0.1) is 5.92 Å². The smallest absolute Gasteiger partial charge is 0.318 e. The van der Waals surface area contributed by atoms with Crippen molar-refractivity contribution in [2.75, 3.05) is 26.2 Å². The lowest BCUT2D eigenvalue weighted by atomic mass is 9.99. The van der Waals surface area contributed by atoms with Crippen LogP contribution in [0.1, 0.15) is 26.7 Å². The predicted molar refractivity (Wildman–Crippen MR) is 66.4 cm³/mol. The summed E-state index contributed by atoms with van der Waals surface area (Å²) in [6, 6.07) is 0. The molecule has 18 heavy (non-hydrogen) atoms. The maximum Gasteiger partial charge on any atom is 0.318 e. The molecule has 1 aliphatic rings. The summed E-state index contributed by atoms with van der Waals surface area (Å²) < 4.78 is 0. The van der Waals surface area contributed by atoms with Crippen molar-refractivity contribution in [3.05, 3.63) is 0 Å². The lowest BCUT2D eigenvalue weighted by molar-refractivity contribution is -0.156. The van der Waals surface area contributed by atoms with Crippen molar-refractivity contribution < 1.29 is 14.4 Å². The number of rotatable bonds is 2. The summed E-state index contributed by atoms with van der Waals surface area (Å²) in [7, 11) is 0. The lowest BCUT2D eigenvalue weighted by Gasteiger charge is -2.31. The number of nitrogens with zero attached hydrogens (tertiary/aromatic N) is 2. The number of piperidine rings is 1. The number of hydrogen-bond acceptors (Lipinski definition) is 4. The second-order valence-corrected chi connectivity index (χ2v) is 4.74. The normalized spacial score (nSPS) is 16.5. The van der Waals surface area contributed by atoms with E-state index in [0.29, 0.717) is 19.0 Å². The summed E-state index contributed by atoms with van der Waals surface area (Å²) in [5.74, 6) is -1.21. The van der Waals surface area contributed by atoms with Crippen molar-refractivity contribution in [2.45, 2.75) is 26.7 Å². The Balaban J connectivity index is 2.64. The molecule has 0 aromatic rings. The van der Waals surface area contributed by atoms with Gasteiger partial charge in [-0.05, 0) is 18.8 Å². The van der Waals surface area contributed by atoms with Crippen LogP contribution in [-0.2, 0) is 14.4 Å². The summed E-state index contributed by atoms with van der Waals surface area (Å²) in [6.45, 7) is 4.80. The highest BCUT2D eigenvalue weighted by Gasteiger charge is 2.30. The predicted octanol–water partition coefficient (Wildman–Crippen LogP) is -0.421. The molecule has 2 N–H and O–H groups in total. The topological polar surface area (TPSA) is 83.7 Å². The minimum Gasteiger partial charge on any atom is -0.334 e. The maximum absolute atomic E-state index is 12.0. The fourth-order valence-corrected chi connectivity index (χ4v) is 1.99. The van der Waals surface area contributed by atoms with Gasteiger partial charge in [-0.3, -0.25) is 19.3 Å². The second kappa shape index (κ2) is 6.49. The Hall–Kier alpha value is -1.43. The maximum atomic E-state index is 12.0. The number of amides is 3. The highest BCUT2D eigenvalue weighted by Crippen LogP contribution is 2.16. The van der Waals surface area contributed by atoms with E-state index in [1.165, 1.54) is 11.8 Å². The molecule has 3 amide bonds. The molecule has 0 aromatic heterocycles. The standard InChI is InChI=1S/C12H21N3O3/c1-9-3-6-14(7-4-9)11(17)12(18)15(8-5-13)10(2)16/h9H,3-8,13H2,1-2H3. The van der Waals surface area contributed by atoms with E-state index in [4.69, 9.17) is 5.73 Å². The van der Waals surface area contributed by atoms with Crippen molar-refractivity contribution in [3.8, 4) is 0 Å². The molecule has 0 aromatic carbocycles. The van der Waals surface area contributed by atoms with Crippen LogP contribution in [0.5, 0.6) is 0 Å². The molecule has 0 saturated carbocycles. The summed E-state index contributed by atoms with van der Waals surface area (Å²) in [5, 5.41) is 0. The largest absolute Gasteiger partial charge is 0.334 e. The number of carbonyl (C=O) groups excluding carboxylic acids is 3. The molecule has 1 rings (SSSR count). The summed E-state index contributed by atoms with van der Waals surface area (Å²) >= 11 is 0. The van der Waals surface area contributed by atoms with Crippen LogP contribution in [0.25, 0.3) is 0 Å². The zero-order valence-corrected chi connectivity index (χ0v) is 11.0. The SMILES string of the molecule is CC(=O)N(CCN)C(=O)C(=O)N1CCC(C)CC1. The Morgan fingerprint density at radius 1 is 1.28 bits per heavy atom. The van der Waals surface area contributed by atoms with Crippen LogP contribution in [0.3, 0.4) is 0 Å². The average Bonchev–Trinajstić information content (AvgIpc) is 2.35. The van der Waals surface area contributed by atoms with Crippen LogP contribution in [-0.4, -0.2) is 53.7 Å². The number of carbonyl (C=O) groups is 3. The summed E-state index contributed by atoms with van der Waals surface area (Å²) in [6.07, 6.45) is 1.80. The minimum absolute atomic E-state index is 0.0874. The van der Waals surface area contributed by atoms with Gasteiger partial charge in [-0.25, -0.2) is 0 Å². The van der Waals surface area contributed by atoms with Gasteiger partial charge in [0.2, 0.25) is 5.91 Å². The van der Waals surface area contributed by atoms with E-state index in [9.17, 15) is 14.4 Å². The van der Waals surface area contributed by atoms with Crippen LogP contribution in [0.4, 0.5) is 0 Å². The van der Waals surface area contributed by atoms with Gasteiger partial charge in [0.1, 0.15) is 0 Å². The number of likely N-dealkylation sites (tertiary alicyclic amines) is 1. The van der Waals surface area contributed by atoms with Gasteiger partial charge in [0, 0.05) is 33.1 Å². The van der Waals surface area contributed by atoms with Gasteiger partial charge in [0.25, 0.3) is 0 Å². The Kier molecular flexibility index (Phi) is 5.27. The van der Waals surface area contributed by atoms with Gasteiger partial charge >= 0.3 is 11.8 Å².